The topological polar surface area (TPSA) is 510 Å². The fourth-order valence-corrected chi connectivity index (χ4v) is 13.0. The third-order valence-corrected chi connectivity index (χ3v) is 18.7. The van der Waals surface area contributed by atoms with E-state index < -0.39 is 204 Å². The summed E-state index contributed by atoms with van der Waals surface area (Å²) in [6, 6.07) is -16.4. The second kappa shape index (κ2) is 39.8. The van der Waals surface area contributed by atoms with Gasteiger partial charge >= 0.3 is 5.97 Å². The molecule has 0 spiro atoms. The Morgan fingerprint density at radius 3 is 1.21 bits per heavy atom. The van der Waals surface area contributed by atoms with Gasteiger partial charge in [0.15, 0.2) is 0 Å². The minimum absolute atomic E-state index is 0.00409. The Balaban J connectivity index is 1.52. The van der Waals surface area contributed by atoms with Crippen LogP contribution in [0.1, 0.15) is 185 Å². The van der Waals surface area contributed by atoms with Gasteiger partial charge in [-0.25, -0.2) is 4.79 Å². The number of nitrogens with one attached hydrogen (secondary N) is 8. The number of aliphatic hydroxyl groups excluding tert-OH is 1. The second-order valence-corrected chi connectivity index (χ2v) is 28.9. The smallest absolute Gasteiger partial charge is 0.326 e. The number of nitrogens with zero attached hydrogens (tertiary/aromatic N) is 4. The molecule has 0 saturated carbocycles. The van der Waals surface area contributed by atoms with Gasteiger partial charge in [0.05, 0.1) is 12.1 Å². The third-order valence-electron chi connectivity index (χ3n) is 18.7. The molecule has 0 aromatic carbocycles. The fourth-order valence-electron chi connectivity index (χ4n) is 13.0. The average Bonchev–Trinajstić information content (AvgIpc) is 1.63. The lowest BCUT2D eigenvalue weighted by Gasteiger charge is -2.35. The number of primary amides is 2. The van der Waals surface area contributed by atoms with Crippen LogP contribution in [-0.2, 0) is 71.9 Å². The van der Waals surface area contributed by atoms with Crippen molar-refractivity contribution in [3.05, 3.63) is 0 Å². The van der Waals surface area contributed by atoms with Crippen molar-refractivity contribution >= 4 is 88.7 Å². The molecule has 18 N–H and O–H groups in total. The molecule has 33 nitrogen and oxygen atoms in total. The third kappa shape index (κ3) is 24.3. The molecule has 0 unspecified atom stereocenters. The normalized spacial score (nSPS) is 20.7. The second-order valence-electron chi connectivity index (χ2n) is 28.9. The summed E-state index contributed by atoms with van der Waals surface area (Å²) in [5.74, 6) is -13.8. The highest BCUT2D eigenvalue weighted by Crippen LogP contribution is 2.29. The summed E-state index contributed by atoms with van der Waals surface area (Å²) in [6.45, 7) is 19.2. The van der Waals surface area contributed by atoms with Crippen molar-refractivity contribution in [1.29, 1.82) is 0 Å². The minimum atomic E-state index is -1.75. The van der Waals surface area contributed by atoms with Gasteiger partial charge in [-0.3, -0.25) is 67.1 Å². The minimum Gasteiger partial charge on any atom is -0.480 e. The number of carboxylic acids is 1. The number of carboxylic acid groups (broad SMARTS) is 1. The Kier molecular flexibility index (Phi) is 33.6. The van der Waals surface area contributed by atoms with Gasteiger partial charge in [-0.1, -0.05) is 69.2 Å². The summed E-state index contributed by atoms with van der Waals surface area (Å²) in [5, 5.41) is 42.1. The van der Waals surface area contributed by atoms with Crippen LogP contribution in [0.4, 0.5) is 0 Å². The summed E-state index contributed by atoms with van der Waals surface area (Å²) >= 11 is 0. The summed E-state index contributed by atoms with van der Waals surface area (Å²) in [6.07, 6.45) is 0.331. The van der Waals surface area contributed by atoms with Gasteiger partial charge in [0, 0.05) is 39.0 Å². The summed E-state index contributed by atoms with van der Waals surface area (Å²) in [5.41, 5.74) is 22.8. The number of likely N-dealkylation sites (tertiary alicyclic amines) is 4. The summed E-state index contributed by atoms with van der Waals surface area (Å²) in [7, 11) is 0. The van der Waals surface area contributed by atoms with E-state index in [1.807, 2.05) is 13.8 Å². The van der Waals surface area contributed by atoms with Crippen LogP contribution in [0, 0.1) is 29.6 Å². The van der Waals surface area contributed by atoms with Gasteiger partial charge in [-0.05, 0) is 139 Å². The largest absolute Gasteiger partial charge is 0.480 e. The quantitative estimate of drug-likeness (QED) is 0.0279. The molecule has 100 heavy (non-hydrogen) atoms. The van der Waals surface area contributed by atoms with Crippen LogP contribution < -0.4 is 65.5 Å². The maximum absolute atomic E-state index is 14.7. The lowest BCUT2D eigenvalue weighted by atomic mass is 9.98. The predicted octanol–water partition coefficient (Wildman–Crippen LogP) is -2.66. The van der Waals surface area contributed by atoms with E-state index in [4.69, 9.17) is 22.9 Å². The highest BCUT2D eigenvalue weighted by molar-refractivity contribution is 6.00. The monoisotopic (exact) mass is 1410 g/mol. The van der Waals surface area contributed by atoms with Crippen LogP contribution >= 0.6 is 0 Å². The molecule has 0 aliphatic carbocycles. The molecule has 14 amide bonds. The number of aliphatic hydroxyl groups is 1. The fraction of sp³-hybridized carbons (Fsp3) is 0.776. The van der Waals surface area contributed by atoms with Crippen LogP contribution in [0.3, 0.4) is 0 Å². The van der Waals surface area contributed by atoms with E-state index in [1.54, 1.807) is 55.4 Å². The van der Waals surface area contributed by atoms with Gasteiger partial charge in [0.1, 0.15) is 72.5 Å². The highest BCUT2D eigenvalue weighted by Gasteiger charge is 2.48. The first-order valence-electron chi connectivity index (χ1n) is 35.5. The van der Waals surface area contributed by atoms with Gasteiger partial charge in [-0.15, -0.1) is 0 Å². The molecule has 0 aromatic rings. The lowest BCUT2D eigenvalue weighted by Crippen LogP contribution is -2.62. The molecule has 0 aromatic heterocycles. The molecule has 0 radical (unpaired) electrons. The molecule has 4 heterocycles. The molecular weight excluding hydrogens is 1300 g/mol. The molecular formula is C67H114N16O17. The average molecular weight is 1420 g/mol. The first-order chi connectivity index (χ1) is 46.9. The van der Waals surface area contributed by atoms with Crippen LogP contribution in [0.5, 0.6) is 0 Å². The van der Waals surface area contributed by atoms with Crippen LogP contribution in [0.15, 0.2) is 0 Å². The Morgan fingerprint density at radius 1 is 0.410 bits per heavy atom. The van der Waals surface area contributed by atoms with E-state index >= 15 is 0 Å². The molecule has 4 rings (SSSR count). The molecule has 0 bridgehead atoms. The number of carbonyl (C=O) groups excluding carboxylic acids is 14. The van der Waals surface area contributed by atoms with Crippen LogP contribution in [0.2, 0.25) is 0 Å². The molecule has 564 valence electrons. The van der Waals surface area contributed by atoms with Gasteiger partial charge in [-0.2, -0.15) is 0 Å². The van der Waals surface area contributed by atoms with Crippen molar-refractivity contribution in [2.75, 3.05) is 32.7 Å². The number of carbonyl (C=O) groups is 15. The standard InChI is InChI=1S/C67H114N16O17/c1-34(2)32-43(75-56(88)41(23-25-49(69)85)72-55(87)40(18-12-13-27-68)73-62(94)53(38(9)10)78-60(92)51(71)36(5)6)58(90)77-52(37(7)8)61(93)74-42(24-26-50(70)86)57(89)79-54(39(11)84)66(98)82-30-16-21-47(82)64(96)80-28-14-19-45(80)59(91)76-44(33-35(3)4)63(95)81-29-15-20-46(81)65(97)83-31-17-22-48(83)67(99)100/h34-48,51-54,84H,12-33,68,71H2,1-11H3,(H2,69,85)(H2,70,86)(H,72,87)(H,73,94)(H,74,93)(H,75,88)(H,76,91)(H,77,90)(H,78,92)(H,79,89)(H,99,100)/t39-,40+,41+,42+,43+,44+,45+,46+,47+,48+,51+,52+,53+,54+/m1/s1. The van der Waals surface area contributed by atoms with Crippen molar-refractivity contribution < 1.29 is 82.1 Å². The maximum Gasteiger partial charge on any atom is 0.326 e. The first-order valence-corrected chi connectivity index (χ1v) is 35.5. The molecule has 4 fully saturated rings. The molecule has 14 atom stereocenters. The van der Waals surface area contributed by atoms with Crippen molar-refractivity contribution in [1.82, 2.24) is 62.1 Å². The Labute approximate surface area is 586 Å². The number of rotatable bonds is 39. The van der Waals surface area contributed by atoms with Crippen molar-refractivity contribution in [2.24, 2.45) is 52.5 Å². The first kappa shape index (κ1) is 84.3. The number of hydrogen-bond acceptors (Lipinski definition) is 18. The van der Waals surface area contributed by atoms with Crippen molar-refractivity contribution in [3.63, 3.8) is 0 Å². The van der Waals surface area contributed by atoms with E-state index in [1.165, 1.54) is 26.5 Å². The zero-order valence-electron chi connectivity index (χ0n) is 60.1. The lowest BCUT2D eigenvalue weighted by molar-refractivity contribution is -0.152. The SMILES string of the molecule is CC(C)C[C@H](NC(=O)[C@H](CCC(N)=O)NC(=O)[C@H](CCCCN)NC(=O)[C@@H](NC(=O)[C@@H](N)C(C)C)C(C)C)C(=O)N[C@H](C(=O)N[C@@H](CCC(N)=O)C(=O)N[C@H](C(=O)N1CCC[C@H]1C(=O)N1CCC[C@H]1C(=O)N[C@@H](CC(C)C)C(=O)N1CCC[C@H]1C(=O)N1CCC[C@H]1C(=O)O)[C@@H](C)O)C(C)C. The predicted molar refractivity (Wildman–Crippen MR) is 365 cm³/mol. The van der Waals surface area contributed by atoms with Crippen molar-refractivity contribution in [3.8, 4) is 0 Å². The van der Waals surface area contributed by atoms with E-state index in [2.05, 4.69) is 42.5 Å². The number of aliphatic carboxylic acids is 1. The highest BCUT2D eigenvalue weighted by atomic mass is 16.4. The Bertz CT molecular complexity index is 2910. The summed E-state index contributed by atoms with van der Waals surface area (Å²) < 4.78 is 0. The molecule has 33 heteroatoms. The summed E-state index contributed by atoms with van der Waals surface area (Å²) in [4.78, 5) is 212. The zero-order valence-corrected chi connectivity index (χ0v) is 60.1. The number of nitrogens with two attached hydrogens (primary N) is 4. The van der Waals surface area contributed by atoms with Crippen LogP contribution in [0.25, 0.3) is 0 Å². The Morgan fingerprint density at radius 2 is 0.780 bits per heavy atom. The zero-order chi connectivity index (χ0) is 75.2. The van der Waals surface area contributed by atoms with Crippen LogP contribution in [-0.4, -0.2) is 236 Å². The van der Waals surface area contributed by atoms with E-state index in [0.29, 0.717) is 51.4 Å². The van der Waals surface area contributed by atoms with Gasteiger partial charge in [0.25, 0.3) is 0 Å². The number of hydrogen-bond donors (Lipinski definition) is 14. The Hall–Kier alpha value is -8.07. The van der Waals surface area contributed by atoms with E-state index in [0.717, 1.165) is 0 Å². The molecule has 4 saturated heterocycles. The van der Waals surface area contributed by atoms with Crippen molar-refractivity contribution in [2.45, 2.75) is 270 Å². The van der Waals surface area contributed by atoms with E-state index in [9.17, 15) is 82.1 Å². The van der Waals surface area contributed by atoms with Gasteiger partial charge < -0.3 is 95.3 Å². The number of unbranched alkanes of at least 4 members (excludes halogenated alkanes) is 1. The maximum atomic E-state index is 14.7. The van der Waals surface area contributed by atoms with Gasteiger partial charge in [0.2, 0.25) is 82.7 Å². The molecule has 4 aliphatic heterocycles. The molecule has 4 aliphatic rings. The number of amides is 14. The van der Waals surface area contributed by atoms with E-state index in [-0.39, 0.29) is 89.0 Å².